The normalized spacial score (nSPS) is 24.3. The molecule has 1 aliphatic carbocycles. The van der Waals surface area contributed by atoms with Gasteiger partial charge in [0.15, 0.2) is 11.6 Å². The van der Waals surface area contributed by atoms with Gasteiger partial charge in [-0.15, -0.1) is 5.10 Å². The molecule has 234 valence electrons. The van der Waals surface area contributed by atoms with E-state index in [2.05, 4.69) is 10.3 Å². The Morgan fingerprint density at radius 3 is 2.77 bits per heavy atom. The Balaban J connectivity index is 1.58. The van der Waals surface area contributed by atoms with Crippen molar-refractivity contribution < 1.29 is 42.1 Å². The molecule has 11 nitrogen and oxygen atoms in total. The van der Waals surface area contributed by atoms with Crippen molar-refractivity contribution >= 4 is 29.4 Å². The summed E-state index contributed by atoms with van der Waals surface area (Å²) in [6, 6.07) is 0.107. The molecule has 1 aromatic heterocycles. The first kappa shape index (κ1) is 31.0. The molecule has 0 bridgehead atoms. The van der Waals surface area contributed by atoms with Crippen molar-refractivity contribution in [2.24, 2.45) is 18.4 Å². The first-order valence-electron chi connectivity index (χ1n) is 14.1. The summed E-state index contributed by atoms with van der Waals surface area (Å²) in [7, 11) is 1.30. The van der Waals surface area contributed by atoms with Gasteiger partial charge in [-0.1, -0.05) is 29.7 Å². The molecule has 3 atom stereocenters. The zero-order valence-corrected chi connectivity index (χ0v) is 24.6. The third kappa shape index (κ3) is 5.78. The zero-order chi connectivity index (χ0) is 31.1. The number of carbonyl (C=O) groups excluding carboxylic acids is 2. The molecule has 2 amide bonds. The molecular weight excluding hydrogens is 595 g/mol. The number of hydrogen-bond donors (Lipinski definition) is 1. The summed E-state index contributed by atoms with van der Waals surface area (Å²) in [5.74, 6) is -3.85. The zero-order valence-electron chi connectivity index (χ0n) is 23.8. The number of carbonyl (C=O) groups is 3. The predicted molar refractivity (Wildman–Crippen MR) is 145 cm³/mol. The van der Waals surface area contributed by atoms with Crippen molar-refractivity contribution in [3.05, 3.63) is 39.4 Å². The fraction of sp³-hybridized carbons (Fsp3) is 0.607. The van der Waals surface area contributed by atoms with Crippen molar-refractivity contribution in [3.8, 4) is 5.75 Å². The van der Waals surface area contributed by atoms with Crippen LogP contribution in [0, 0.1) is 17.2 Å². The summed E-state index contributed by atoms with van der Waals surface area (Å²) < 4.78 is 55.0. The fourth-order valence-electron chi connectivity index (χ4n) is 6.46. The number of carboxylic acid groups (broad SMARTS) is 1. The number of nitrogens with zero attached hydrogens (tertiary/aromatic N) is 5. The number of amides is 2. The highest BCUT2D eigenvalue weighted by Crippen LogP contribution is 2.47. The van der Waals surface area contributed by atoms with Gasteiger partial charge in [0.05, 0.1) is 24.0 Å². The van der Waals surface area contributed by atoms with Crippen LogP contribution in [0.1, 0.15) is 67.6 Å². The fourth-order valence-corrected chi connectivity index (χ4v) is 6.76. The van der Waals surface area contributed by atoms with Crippen molar-refractivity contribution in [1.29, 1.82) is 0 Å². The quantitative estimate of drug-likeness (QED) is 0.470. The lowest BCUT2D eigenvalue weighted by Crippen LogP contribution is -2.54. The van der Waals surface area contributed by atoms with E-state index < -0.39 is 53.8 Å². The number of morpholine rings is 1. The second kappa shape index (κ2) is 12.3. The molecule has 43 heavy (non-hydrogen) atoms. The second-order valence-electron chi connectivity index (χ2n) is 11.4. The van der Waals surface area contributed by atoms with Crippen LogP contribution in [0.3, 0.4) is 0 Å². The second-order valence-corrected chi connectivity index (χ2v) is 11.8. The molecular formula is C28H33ClF3N5O6. The Hall–Kier alpha value is -3.39. The minimum absolute atomic E-state index is 0.0546. The third-order valence-corrected chi connectivity index (χ3v) is 9.24. The minimum Gasteiger partial charge on any atom is -0.484 e. The van der Waals surface area contributed by atoms with Gasteiger partial charge in [0.1, 0.15) is 24.6 Å². The van der Waals surface area contributed by atoms with Crippen LogP contribution in [0.2, 0.25) is 5.02 Å². The van der Waals surface area contributed by atoms with Crippen LogP contribution in [0.4, 0.5) is 13.2 Å². The van der Waals surface area contributed by atoms with Crippen LogP contribution in [-0.4, -0.2) is 80.5 Å². The van der Waals surface area contributed by atoms with E-state index in [4.69, 9.17) is 21.1 Å². The minimum atomic E-state index is -2.91. The van der Waals surface area contributed by atoms with E-state index in [1.807, 2.05) is 0 Å². The molecule has 1 aromatic carbocycles. The number of aromatic nitrogens is 3. The van der Waals surface area contributed by atoms with Crippen molar-refractivity contribution in [3.63, 3.8) is 0 Å². The lowest BCUT2D eigenvalue weighted by Gasteiger charge is -2.45. The first-order chi connectivity index (χ1) is 20.4. The van der Waals surface area contributed by atoms with Crippen LogP contribution in [-0.2, 0) is 39.2 Å². The Kier molecular flexibility index (Phi) is 8.89. The summed E-state index contributed by atoms with van der Waals surface area (Å²) in [6.45, 7) is 1.43. The summed E-state index contributed by atoms with van der Waals surface area (Å²) in [6.07, 6.45) is -0.665. The maximum Gasteiger partial charge on any atom is 0.310 e. The van der Waals surface area contributed by atoms with Gasteiger partial charge in [0, 0.05) is 37.3 Å². The van der Waals surface area contributed by atoms with Crippen molar-refractivity contribution in [1.82, 2.24) is 24.8 Å². The molecule has 0 spiro atoms. The lowest BCUT2D eigenvalue weighted by molar-refractivity contribution is -0.163. The predicted octanol–water partition coefficient (Wildman–Crippen LogP) is 3.69. The number of aryl methyl sites for hydroxylation is 1. The number of alkyl halides is 2. The highest BCUT2D eigenvalue weighted by molar-refractivity contribution is 6.31. The van der Waals surface area contributed by atoms with Gasteiger partial charge in [0.25, 0.3) is 6.43 Å². The standard InChI is InChI=1S/C28H33ClF3N5O6/c1-28(27(40)41)7-4-3-5-16(28)26(39)37-8-6-15-17(29)11-18(30)24(43-13-19-23(25(31)32)35(2)34-33-19)22(15)20(37)12-36-9-10-42-14-21(36)38/h11,16,20,25H,3-10,12-14H2,1-2H3,(H,40,41)/t16-,20+,28-/m0/s1. The number of carboxylic acids is 1. The summed E-state index contributed by atoms with van der Waals surface area (Å²) >= 11 is 6.50. The Morgan fingerprint density at radius 1 is 1.30 bits per heavy atom. The van der Waals surface area contributed by atoms with E-state index in [-0.39, 0.29) is 67.2 Å². The number of hydrogen-bond acceptors (Lipinski definition) is 7. The SMILES string of the molecule is Cn1nnc(COc2c(F)cc(Cl)c3c2[C@@H](CN2CCOCC2=O)N(C(=O)[C@@H]2CCCC[C@]2(C)C(=O)O)CC3)c1C(F)F. The van der Waals surface area contributed by atoms with E-state index in [1.54, 1.807) is 6.92 Å². The summed E-state index contributed by atoms with van der Waals surface area (Å²) in [4.78, 5) is 42.4. The number of rotatable bonds is 8. The molecule has 0 radical (unpaired) electrons. The lowest BCUT2D eigenvalue weighted by atomic mass is 9.66. The van der Waals surface area contributed by atoms with Gasteiger partial charge in [0.2, 0.25) is 11.8 Å². The van der Waals surface area contributed by atoms with E-state index in [0.29, 0.717) is 31.2 Å². The van der Waals surface area contributed by atoms with Crippen LogP contribution in [0.5, 0.6) is 5.75 Å². The number of halogens is 4. The van der Waals surface area contributed by atoms with Gasteiger partial charge in [-0.05, 0) is 37.8 Å². The highest BCUT2D eigenvalue weighted by atomic mass is 35.5. The van der Waals surface area contributed by atoms with E-state index in [1.165, 1.54) is 16.8 Å². The largest absolute Gasteiger partial charge is 0.484 e. The smallest absolute Gasteiger partial charge is 0.310 e. The van der Waals surface area contributed by atoms with Crippen molar-refractivity contribution in [2.45, 2.75) is 58.1 Å². The van der Waals surface area contributed by atoms with Crippen LogP contribution in [0.15, 0.2) is 6.07 Å². The molecule has 1 saturated heterocycles. The number of fused-ring (bicyclic) bond motifs is 1. The average Bonchev–Trinajstić information content (AvgIpc) is 3.34. The van der Waals surface area contributed by atoms with Crippen LogP contribution >= 0.6 is 11.6 Å². The molecule has 3 aliphatic rings. The number of aliphatic carboxylic acids is 1. The van der Waals surface area contributed by atoms with Gasteiger partial charge < -0.3 is 24.4 Å². The molecule has 2 aromatic rings. The van der Waals surface area contributed by atoms with E-state index in [9.17, 15) is 28.3 Å². The van der Waals surface area contributed by atoms with Crippen molar-refractivity contribution in [2.75, 3.05) is 32.8 Å². The average molecular weight is 628 g/mol. The molecule has 1 N–H and O–H groups in total. The Morgan fingerprint density at radius 2 is 2.07 bits per heavy atom. The monoisotopic (exact) mass is 627 g/mol. The maximum absolute atomic E-state index is 15.7. The molecule has 1 saturated carbocycles. The first-order valence-corrected chi connectivity index (χ1v) is 14.5. The Bertz CT molecular complexity index is 1420. The van der Waals surface area contributed by atoms with Gasteiger partial charge in [-0.3, -0.25) is 14.4 Å². The van der Waals surface area contributed by atoms with Gasteiger partial charge in [-0.2, -0.15) is 0 Å². The van der Waals surface area contributed by atoms with Crippen LogP contribution < -0.4 is 4.74 Å². The van der Waals surface area contributed by atoms with Gasteiger partial charge >= 0.3 is 5.97 Å². The maximum atomic E-state index is 15.7. The number of benzene rings is 1. The molecule has 2 aliphatic heterocycles. The van der Waals surface area contributed by atoms with Gasteiger partial charge in [-0.25, -0.2) is 17.9 Å². The topological polar surface area (TPSA) is 127 Å². The summed E-state index contributed by atoms with van der Waals surface area (Å²) in [5, 5.41) is 17.6. The molecule has 2 fully saturated rings. The number of ether oxygens (including phenoxy) is 2. The molecule has 0 unspecified atom stereocenters. The highest BCUT2D eigenvalue weighted by Gasteiger charge is 2.50. The Labute approximate surface area is 250 Å². The molecule has 3 heterocycles. The van der Waals surface area contributed by atoms with E-state index >= 15 is 4.39 Å². The molecule has 5 rings (SSSR count). The van der Waals surface area contributed by atoms with Crippen LogP contribution in [0.25, 0.3) is 0 Å². The third-order valence-electron chi connectivity index (χ3n) is 8.90. The molecule has 15 heteroatoms. The van der Waals surface area contributed by atoms with E-state index in [0.717, 1.165) is 10.7 Å². The summed E-state index contributed by atoms with van der Waals surface area (Å²) in [5.41, 5.74) is -1.28.